The number of hydrogen-bond donors (Lipinski definition) is 0. The lowest BCUT2D eigenvalue weighted by molar-refractivity contribution is -0.230. The van der Waals surface area contributed by atoms with E-state index < -0.39 is 29.1 Å². The number of alkyl halides is 4. The second-order valence-corrected chi connectivity index (χ2v) is 3.79. The fraction of sp³-hybridized carbons (Fsp3) is 0.600. The van der Waals surface area contributed by atoms with Crippen molar-refractivity contribution >= 4 is 5.97 Å². The first kappa shape index (κ1) is 14.5. The van der Waals surface area contributed by atoms with Crippen molar-refractivity contribution in [2.75, 3.05) is 6.61 Å². The van der Waals surface area contributed by atoms with Crippen molar-refractivity contribution in [1.29, 1.82) is 0 Å². The summed E-state index contributed by atoms with van der Waals surface area (Å²) >= 11 is 0. The molecule has 18 heavy (non-hydrogen) atoms. The number of halogens is 4. The van der Waals surface area contributed by atoms with Crippen molar-refractivity contribution in [3.8, 4) is 0 Å². The number of hydrogen-bond acceptors (Lipinski definition) is 3. The van der Waals surface area contributed by atoms with Crippen molar-refractivity contribution in [2.45, 2.75) is 25.7 Å². The summed E-state index contributed by atoms with van der Waals surface area (Å²) in [4.78, 5) is 11.4. The van der Waals surface area contributed by atoms with Crippen LogP contribution in [-0.2, 0) is 17.5 Å². The molecular weight excluding hydrogens is 256 g/mol. The van der Waals surface area contributed by atoms with Crippen molar-refractivity contribution < 1.29 is 27.1 Å². The highest BCUT2D eigenvalue weighted by Crippen LogP contribution is 2.42. The topological polar surface area (TPSA) is 44.1 Å². The number of ether oxygens (including phenoxy) is 1. The molecule has 0 aliphatic rings. The number of carbonyl (C=O) groups excluding carboxylic acids is 1. The third-order valence-corrected chi connectivity index (χ3v) is 2.30. The summed E-state index contributed by atoms with van der Waals surface area (Å²) in [5.74, 6) is -1.03. The molecule has 0 N–H and O–H groups in total. The minimum absolute atomic E-state index is 0.0256. The van der Waals surface area contributed by atoms with Crippen LogP contribution in [0.25, 0.3) is 0 Å². The second-order valence-electron chi connectivity index (χ2n) is 3.79. The molecule has 1 heterocycles. The summed E-state index contributed by atoms with van der Waals surface area (Å²) in [5.41, 5.74) is -5.23. The number of nitrogens with zero attached hydrogens (tertiary/aromatic N) is 2. The Morgan fingerprint density at radius 1 is 1.44 bits per heavy atom. The van der Waals surface area contributed by atoms with E-state index in [1.165, 1.54) is 14.0 Å². The Morgan fingerprint density at radius 2 is 2.00 bits per heavy atom. The van der Waals surface area contributed by atoms with Gasteiger partial charge in [-0.3, -0.25) is 4.68 Å². The number of carbonyl (C=O) groups is 1. The molecule has 0 fully saturated rings. The molecule has 1 aromatic heterocycles. The maximum atomic E-state index is 13.8. The number of rotatable bonds is 3. The van der Waals surface area contributed by atoms with Crippen molar-refractivity contribution in [3.05, 3.63) is 17.5 Å². The van der Waals surface area contributed by atoms with Crippen LogP contribution in [0.4, 0.5) is 17.6 Å². The van der Waals surface area contributed by atoms with Crippen LogP contribution in [0.15, 0.2) is 6.20 Å². The number of esters is 1. The first-order chi connectivity index (χ1) is 8.11. The van der Waals surface area contributed by atoms with Gasteiger partial charge in [0.15, 0.2) is 0 Å². The predicted octanol–water partition coefficient (Wildman–Crippen LogP) is 2.34. The van der Waals surface area contributed by atoms with E-state index in [-0.39, 0.29) is 6.61 Å². The molecule has 0 amide bonds. The Balaban J connectivity index is 3.29. The number of aryl methyl sites for hydroxylation is 1. The maximum absolute atomic E-state index is 13.8. The summed E-state index contributed by atoms with van der Waals surface area (Å²) in [6, 6.07) is 0. The van der Waals surface area contributed by atoms with Crippen LogP contribution in [0, 0.1) is 0 Å². The van der Waals surface area contributed by atoms with Crippen LogP contribution in [-0.4, -0.2) is 28.5 Å². The van der Waals surface area contributed by atoms with Crippen molar-refractivity contribution in [2.24, 2.45) is 7.05 Å². The van der Waals surface area contributed by atoms with E-state index in [9.17, 15) is 22.4 Å². The molecule has 8 heteroatoms. The van der Waals surface area contributed by atoms with Crippen LogP contribution < -0.4 is 0 Å². The molecule has 0 aliphatic heterocycles. The largest absolute Gasteiger partial charge is 0.462 e. The Labute approximate surface area is 101 Å². The van der Waals surface area contributed by atoms with Gasteiger partial charge in [0.1, 0.15) is 11.3 Å². The van der Waals surface area contributed by atoms with Gasteiger partial charge in [-0.1, -0.05) is 0 Å². The average molecular weight is 268 g/mol. The molecule has 0 aliphatic carbocycles. The molecule has 0 saturated carbocycles. The van der Waals surface area contributed by atoms with Crippen molar-refractivity contribution in [1.82, 2.24) is 9.78 Å². The monoisotopic (exact) mass is 268 g/mol. The molecule has 4 nitrogen and oxygen atoms in total. The Morgan fingerprint density at radius 3 is 2.44 bits per heavy atom. The van der Waals surface area contributed by atoms with Crippen LogP contribution in [0.1, 0.15) is 29.9 Å². The summed E-state index contributed by atoms with van der Waals surface area (Å²) in [7, 11) is 1.29. The fourth-order valence-electron chi connectivity index (χ4n) is 1.33. The van der Waals surface area contributed by atoms with E-state index in [4.69, 9.17) is 0 Å². The highest BCUT2D eigenvalue weighted by Gasteiger charge is 2.56. The smallest absolute Gasteiger partial charge is 0.428 e. The molecule has 0 aromatic carbocycles. The molecular formula is C10H12F4N2O2. The first-order valence-electron chi connectivity index (χ1n) is 5.08. The van der Waals surface area contributed by atoms with E-state index >= 15 is 0 Å². The molecule has 0 spiro atoms. The fourth-order valence-corrected chi connectivity index (χ4v) is 1.33. The van der Waals surface area contributed by atoms with Crippen molar-refractivity contribution in [3.63, 3.8) is 0 Å². The van der Waals surface area contributed by atoms with Gasteiger partial charge in [0, 0.05) is 13.2 Å². The maximum Gasteiger partial charge on any atom is 0.428 e. The molecule has 0 bridgehead atoms. The zero-order valence-corrected chi connectivity index (χ0v) is 10.0. The predicted molar refractivity (Wildman–Crippen MR) is 53.7 cm³/mol. The van der Waals surface area contributed by atoms with Gasteiger partial charge in [-0.2, -0.15) is 18.3 Å². The first-order valence-corrected chi connectivity index (χ1v) is 5.08. The molecule has 102 valence electrons. The highest BCUT2D eigenvalue weighted by atomic mass is 19.4. The summed E-state index contributed by atoms with van der Waals surface area (Å²) < 4.78 is 57.0. The summed E-state index contributed by atoms with van der Waals surface area (Å²) in [6.07, 6.45) is -4.17. The van der Waals surface area contributed by atoms with E-state index in [0.29, 0.717) is 6.92 Å². The summed E-state index contributed by atoms with van der Waals surface area (Å²) in [5, 5.41) is 3.37. The Bertz CT molecular complexity index is 451. The third kappa shape index (κ3) is 2.46. The molecule has 1 rings (SSSR count). The van der Waals surface area contributed by atoms with Crippen LogP contribution in [0.2, 0.25) is 0 Å². The lowest BCUT2D eigenvalue weighted by atomic mass is 10.0. The van der Waals surface area contributed by atoms with Gasteiger partial charge in [-0.05, 0) is 13.8 Å². The quantitative estimate of drug-likeness (QED) is 0.624. The van der Waals surface area contributed by atoms with E-state index in [1.807, 2.05) is 0 Å². The minimum Gasteiger partial charge on any atom is -0.462 e. The van der Waals surface area contributed by atoms with E-state index in [0.717, 1.165) is 10.9 Å². The van der Waals surface area contributed by atoms with Gasteiger partial charge in [0.2, 0.25) is 5.67 Å². The zero-order valence-electron chi connectivity index (χ0n) is 10.0. The van der Waals surface area contributed by atoms with Gasteiger partial charge in [-0.15, -0.1) is 0 Å². The van der Waals surface area contributed by atoms with E-state index in [1.54, 1.807) is 0 Å². The zero-order chi connectivity index (χ0) is 14.1. The molecule has 0 radical (unpaired) electrons. The molecule has 1 aromatic rings. The molecule has 0 saturated heterocycles. The van der Waals surface area contributed by atoms with Gasteiger partial charge >= 0.3 is 12.1 Å². The highest BCUT2D eigenvalue weighted by molar-refractivity contribution is 5.90. The van der Waals surface area contributed by atoms with E-state index in [2.05, 4.69) is 9.84 Å². The molecule has 1 unspecified atom stereocenters. The second kappa shape index (κ2) is 4.58. The van der Waals surface area contributed by atoms with Gasteiger partial charge < -0.3 is 4.74 Å². The van der Waals surface area contributed by atoms with Gasteiger partial charge in [0.05, 0.1) is 6.61 Å². The SMILES string of the molecule is CCOC(=O)c1cn(C)nc1C(C)(F)C(F)(F)F. The summed E-state index contributed by atoms with van der Waals surface area (Å²) in [6.45, 7) is 1.78. The molecule has 1 atom stereocenters. The van der Waals surface area contributed by atoms with Crippen LogP contribution in [0.3, 0.4) is 0 Å². The number of aromatic nitrogens is 2. The van der Waals surface area contributed by atoms with Crippen LogP contribution >= 0.6 is 0 Å². The minimum atomic E-state index is -5.16. The van der Waals surface area contributed by atoms with Gasteiger partial charge in [-0.25, -0.2) is 9.18 Å². The third-order valence-electron chi connectivity index (χ3n) is 2.30. The lowest BCUT2D eigenvalue weighted by Crippen LogP contribution is -2.37. The normalized spacial score (nSPS) is 15.3. The standard InChI is InChI=1S/C10H12F4N2O2/c1-4-18-8(17)6-5-16(3)15-7(6)9(2,11)10(12,13)14/h5H,4H2,1-3H3. The Kier molecular flexibility index (Phi) is 3.68. The Hall–Kier alpha value is -1.60. The average Bonchev–Trinajstić information content (AvgIpc) is 2.59. The van der Waals surface area contributed by atoms with Gasteiger partial charge in [0.25, 0.3) is 0 Å². The van der Waals surface area contributed by atoms with Crippen LogP contribution in [0.5, 0.6) is 0 Å². The lowest BCUT2D eigenvalue weighted by Gasteiger charge is -2.22.